The molecular formula is C18H20N2O4. The first kappa shape index (κ1) is 17.3. The number of ether oxygens (including phenoxy) is 2. The molecule has 0 bridgehead atoms. The highest BCUT2D eigenvalue weighted by molar-refractivity contribution is 5.84. The maximum atomic E-state index is 9.81. The zero-order valence-corrected chi connectivity index (χ0v) is 13.6. The van der Waals surface area contributed by atoms with Crippen LogP contribution in [0.3, 0.4) is 0 Å². The Bertz CT molecular complexity index is 678. The summed E-state index contributed by atoms with van der Waals surface area (Å²) in [6.07, 6.45) is 3.18. The number of methoxy groups -OCH3 is 2. The smallest absolute Gasteiger partial charge is 0.128 e. The van der Waals surface area contributed by atoms with Crippen molar-refractivity contribution in [1.29, 1.82) is 0 Å². The van der Waals surface area contributed by atoms with Crippen molar-refractivity contribution in [2.24, 2.45) is 9.98 Å². The van der Waals surface area contributed by atoms with E-state index in [1.165, 1.54) is 12.1 Å². The first-order chi connectivity index (χ1) is 11.6. The lowest BCUT2D eigenvalue weighted by molar-refractivity contribution is 0.407. The lowest BCUT2D eigenvalue weighted by Gasteiger charge is -2.03. The number of hydrogen-bond donors (Lipinski definition) is 2. The van der Waals surface area contributed by atoms with E-state index < -0.39 is 0 Å². The number of aromatic hydroxyl groups is 2. The number of rotatable bonds is 7. The lowest BCUT2D eigenvalue weighted by atomic mass is 10.2. The third-order valence-corrected chi connectivity index (χ3v) is 3.29. The van der Waals surface area contributed by atoms with Gasteiger partial charge in [0, 0.05) is 35.7 Å². The van der Waals surface area contributed by atoms with E-state index in [4.69, 9.17) is 9.47 Å². The molecule has 0 aliphatic heterocycles. The number of aliphatic imine (C=N–C) groups is 2. The summed E-state index contributed by atoms with van der Waals surface area (Å²) in [5.74, 6) is 1.41. The predicted molar refractivity (Wildman–Crippen MR) is 94.2 cm³/mol. The van der Waals surface area contributed by atoms with E-state index in [1.54, 1.807) is 50.9 Å². The lowest BCUT2D eigenvalue weighted by Crippen LogP contribution is -1.92. The van der Waals surface area contributed by atoms with Gasteiger partial charge in [0.05, 0.1) is 27.3 Å². The monoisotopic (exact) mass is 328 g/mol. The van der Waals surface area contributed by atoms with Gasteiger partial charge in [-0.3, -0.25) is 9.98 Å². The molecule has 0 saturated carbocycles. The van der Waals surface area contributed by atoms with Gasteiger partial charge in [-0.15, -0.1) is 0 Å². The van der Waals surface area contributed by atoms with Crippen LogP contribution in [-0.4, -0.2) is 50.0 Å². The standard InChI is InChI=1S/C18H20N2O4/c1-23-15-5-3-13(17(21)9-15)11-19-7-8-20-12-14-4-6-16(24-2)10-18(14)22/h3-6,9-12,21-22H,7-8H2,1-2H3. The Morgan fingerprint density at radius 2 is 1.21 bits per heavy atom. The number of benzene rings is 2. The molecule has 0 amide bonds. The van der Waals surface area contributed by atoms with Gasteiger partial charge in [-0.05, 0) is 24.3 Å². The van der Waals surface area contributed by atoms with Crippen LogP contribution < -0.4 is 9.47 Å². The zero-order valence-electron chi connectivity index (χ0n) is 13.6. The van der Waals surface area contributed by atoms with E-state index in [0.717, 1.165) is 0 Å². The van der Waals surface area contributed by atoms with Gasteiger partial charge in [0.15, 0.2) is 0 Å². The first-order valence-corrected chi connectivity index (χ1v) is 7.37. The molecule has 0 saturated heterocycles. The van der Waals surface area contributed by atoms with Crippen molar-refractivity contribution in [3.8, 4) is 23.0 Å². The van der Waals surface area contributed by atoms with Crippen LogP contribution in [-0.2, 0) is 0 Å². The van der Waals surface area contributed by atoms with Gasteiger partial charge >= 0.3 is 0 Å². The molecule has 0 aliphatic carbocycles. The quantitative estimate of drug-likeness (QED) is 0.604. The molecule has 0 heterocycles. The predicted octanol–water partition coefficient (Wildman–Crippen LogP) is 2.65. The molecule has 2 N–H and O–H groups in total. The fourth-order valence-electron chi connectivity index (χ4n) is 1.96. The molecule has 126 valence electrons. The summed E-state index contributed by atoms with van der Waals surface area (Å²) in [4.78, 5) is 8.43. The Kier molecular flexibility index (Phi) is 6.19. The van der Waals surface area contributed by atoms with Crippen LogP contribution in [0.15, 0.2) is 46.4 Å². The highest BCUT2D eigenvalue weighted by Gasteiger charge is 2.01. The van der Waals surface area contributed by atoms with E-state index in [9.17, 15) is 10.2 Å². The Labute approximate surface area is 140 Å². The van der Waals surface area contributed by atoms with Gasteiger partial charge in [0.1, 0.15) is 23.0 Å². The van der Waals surface area contributed by atoms with E-state index in [1.807, 2.05) is 0 Å². The number of phenolic OH excluding ortho intramolecular Hbond substituents is 2. The Hall–Kier alpha value is -3.02. The molecule has 0 aliphatic rings. The minimum Gasteiger partial charge on any atom is -0.507 e. The second-order valence-corrected chi connectivity index (χ2v) is 4.92. The topological polar surface area (TPSA) is 83.6 Å². The molecule has 2 aromatic rings. The van der Waals surface area contributed by atoms with Crippen molar-refractivity contribution < 1.29 is 19.7 Å². The van der Waals surface area contributed by atoms with Crippen molar-refractivity contribution in [3.63, 3.8) is 0 Å². The zero-order chi connectivity index (χ0) is 17.4. The molecule has 0 atom stereocenters. The van der Waals surface area contributed by atoms with E-state index in [-0.39, 0.29) is 11.5 Å². The van der Waals surface area contributed by atoms with Crippen LogP contribution in [0.1, 0.15) is 11.1 Å². The third kappa shape index (κ3) is 4.74. The molecule has 6 heteroatoms. The largest absolute Gasteiger partial charge is 0.507 e. The fraction of sp³-hybridized carbons (Fsp3) is 0.222. The Morgan fingerprint density at radius 3 is 1.54 bits per heavy atom. The van der Waals surface area contributed by atoms with E-state index in [0.29, 0.717) is 35.7 Å². The van der Waals surface area contributed by atoms with Crippen LogP contribution in [0.4, 0.5) is 0 Å². The summed E-state index contributed by atoms with van der Waals surface area (Å²) >= 11 is 0. The minimum atomic E-state index is 0.116. The highest BCUT2D eigenvalue weighted by Crippen LogP contribution is 2.22. The average molecular weight is 328 g/mol. The van der Waals surface area contributed by atoms with Gasteiger partial charge < -0.3 is 19.7 Å². The molecule has 24 heavy (non-hydrogen) atoms. The molecule has 2 aromatic carbocycles. The van der Waals surface area contributed by atoms with Crippen LogP contribution in [0.25, 0.3) is 0 Å². The minimum absolute atomic E-state index is 0.116. The molecule has 0 aromatic heterocycles. The van der Waals surface area contributed by atoms with Gasteiger partial charge in [-0.2, -0.15) is 0 Å². The summed E-state index contributed by atoms with van der Waals surface area (Å²) in [7, 11) is 3.09. The van der Waals surface area contributed by atoms with Crippen LogP contribution in [0.5, 0.6) is 23.0 Å². The number of phenols is 2. The molecule has 0 spiro atoms. The highest BCUT2D eigenvalue weighted by atomic mass is 16.5. The molecular weight excluding hydrogens is 308 g/mol. The average Bonchev–Trinajstić information content (AvgIpc) is 2.60. The van der Waals surface area contributed by atoms with Crippen molar-refractivity contribution in [1.82, 2.24) is 0 Å². The number of nitrogens with zero attached hydrogens (tertiary/aromatic N) is 2. The van der Waals surface area contributed by atoms with Crippen molar-refractivity contribution in [2.45, 2.75) is 0 Å². The molecule has 6 nitrogen and oxygen atoms in total. The summed E-state index contributed by atoms with van der Waals surface area (Å²) in [6, 6.07) is 10.0. The van der Waals surface area contributed by atoms with Gasteiger partial charge in [-0.1, -0.05) is 0 Å². The number of hydrogen-bond acceptors (Lipinski definition) is 6. The molecule has 0 fully saturated rings. The Morgan fingerprint density at radius 1 is 0.792 bits per heavy atom. The summed E-state index contributed by atoms with van der Waals surface area (Å²) in [6.45, 7) is 0.942. The molecule has 2 rings (SSSR count). The Balaban J connectivity index is 1.86. The van der Waals surface area contributed by atoms with Crippen LogP contribution in [0, 0.1) is 0 Å². The van der Waals surface area contributed by atoms with Crippen molar-refractivity contribution in [3.05, 3.63) is 47.5 Å². The van der Waals surface area contributed by atoms with Gasteiger partial charge in [-0.25, -0.2) is 0 Å². The van der Waals surface area contributed by atoms with Crippen molar-refractivity contribution >= 4 is 12.4 Å². The molecule has 0 radical (unpaired) electrons. The second-order valence-electron chi connectivity index (χ2n) is 4.92. The van der Waals surface area contributed by atoms with E-state index >= 15 is 0 Å². The third-order valence-electron chi connectivity index (χ3n) is 3.29. The summed E-state index contributed by atoms with van der Waals surface area (Å²) < 4.78 is 10.0. The summed E-state index contributed by atoms with van der Waals surface area (Å²) in [5, 5.41) is 19.6. The molecule has 0 unspecified atom stereocenters. The maximum Gasteiger partial charge on any atom is 0.128 e. The van der Waals surface area contributed by atoms with Crippen molar-refractivity contribution in [2.75, 3.05) is 27.3 Å². The summed E-state index contributed by atoms with van der Waals surface area (Å²) in [5.41, 5.74) is 1.24. The van der Waals surface area contributed by atoms with E-state index in [2.05, 4.69) is 9.98 Å². The van der Waals surface area contributed by atoms with Crippen LogP contribution in [0.2, 0.25) is 0 Å². The first-order valence-electron chi connectivity index (χ1n) is 7.37. The maximum absolute atomic E-state index is 9.81. The van der Waals surface area contributed by atoms with Gasteiger partial charge in [0.25, 0.3) is 0 Å². The second kappa shape index (κ2) is 8.57. The normalized spacial score (nSPS) is 11.2. The fourth-order valence-corrected chi connectivity index (χ4v) is 1.96. The van der Waals surface area contributed by atoms with Crippen LogP contribution >= 0.6 is 0 Å². The SMILES string of the molecule is COc1ccc(C=NCCN=Cc2ccc(OC)cc2O)c(O)c1. The van der Waals surface area contributed by atoms with Gasteiger partial charge in [0.2, 0.25) is 0 Å².